The highest BCUT2D eigenvalue weighted by Crippen LogP contribution is 2.36. The molecule has 0 spiro atoms. The van der Waals surface area contributed by atoms with Gasteiger partial charge in [-0.1, -0.05) is 127 Å². The molecule has 0 amide bonds. The molecule has 10 heteroatoms. The number of unbranched alkanes of at least 4 members (excludes halogenated alkanes) is 8. The third-order valence-corrected chi connectivity index (χ3v) is 7.98. The minimum atomic E-state index is -4.80. The van der Waals surface area contributed by atoms with Crippen LogP contribution in [0.15, 0.2) is 48.6 Å². The predicted octanol–water partition coefficient (Wildman–Crippen LogP) is 8.83. The molecule has 0 rings (SSSR count). The van der Waals surface area contributed by atoms with Crippen LogP contribution in [0.3, 0.4) is 0 Å². The molecule has 3 atom stereocenters. The Bertz CT molecular complexity index is 922. The van der Waals surface area contributed by atoms with E-state index in [1.807, 2.05) is 12.2 Å². The van der Waals surface area contributed by atoms with Crippen molar-refractivity contribution in [3.05, 3.63) is 48.6 Å². The van der Waals surface area contributed by atoms with Gasteiger partial charge < -0.3 is 24.4 Å². The molecule has 0 heterocycles. The van der Waals surface area contributed by atoms with Gasteiger partial charge >= 0.3 is 19.8 Å². The van der Waals surface area contributed by atoms with Crippen molar-refractivity contribution in [2.45, 2.75) is 149 Å². The molecule has 9 nitrogen and oxygen atoms in total. The molecule has 0 aliphatic rings. The number of aliphatic hydroxyl groups is 1. The van der Waals surface area contributed by atoms with E-state index in [0.717, 1.165) is 44.4 Å². The van der Waals surface area contributed by atoms with Crippen LogP contribution in [0.1, 0.15) is 136 Å². The molecule has 0 aromatic heterocycles. The van der Waals surface area contributed by atoms with Crippen LogP contribution < -0.4 is 0 Å². The Labute approximate surface area is 278 Å². The third kappa shape index (κ3) is 31.9. The number of allylic oxidation sites excluding steroid dienone is 7. The van der Waals surface area contributed by atoms with E-state index in [0.29, 0.717) is 19.3 Å². The van der Waals surface area contributed by atoms with Crippen molar-refractivity contribution in [3.63, 3.8) is 0 Å². The average Bonchev–Trinajstić information content (AvgIpc) is 3.01. The van der Waals surface area contributed by atoms with Crippen LogP contribution in [-0.2, 0) is 28.2 Å². The van der Waals surface area contributed by atoms with Crippen LogP contribution >= 0.6 is 7.82 Å². The van der Waals surface area contributed by atoms with Crippen molar-refractivity contribution in [1.82, 2.24) is 0 Å². The Morgan fingerprint density at radius 2 is 1.39 bits per heavy atom. The Morgan fingerprint density at radius 3 is 2.09 bits per heavy atom. The van der Waals surface area contributed by atoms with Crippen molar-refractivity contribution < 1.29 is 43.0 Å². The molecule has 0 aromatic rings. The van der Waals surface area contributed by atoms with Gasteiger partial charge in [-0.3, -0.25) is 14.1 Å². The predicted molar refractivity (Wildman–Crippen MR) is 185 cm³/mol. The molecule has 0 aliphatic heterocycles. The Balaban J connectivity index is 4.27. The fourth-order valence-electron chi connectivity index (χ4n) is 4.45. The summed E-state index contributed by atoms with van der Waals surface area (Å²) in [7, 11) is -4.80. The maximum Gasteiger partial charge on any atom is 0.469 e. The average molecular weight is 671 g/mol. The third-order valence-electron chi connectivity index (χ3n) is 7.49. The summed E-state index contributed by atoms with van der Waals surface area (Å²) >= 11 is 0. The Kier molecular flexibility index (Phi) is 29.0. The molecule has 0 fully saturated rings. The molecular weight excluding hydrogens is 607 g/mol. The second-order valence-corrected chi connectivity index (χ2v) is 13.2. The zero-order chi connectivity index (χ0) is 34.3. The van der Waals surface area contributed by atoms with Crippen molar-refractivity contribution in [3.8, 4) is 0 Å². The standard InChI is InChI=1S/C36H63O9P/c1-4-6-7-8-9-10-11-12-13-14-15-19-22-26-33(37)27-24-29-36(39)45-34(31-44-46(40,41)42)30-43-35(38)28-23-20-17-16-18-21-25-32(3)5-2/h9-10,12-13,15,19,22,26,32-34,37H,4-8,11,14,16-18,20-21,23-25,27-31H2,1-3H3,(H2,40,41,42)/b10-9-,13-12-,19-15-,26-22+/t32?,33-,34+/m0/s1. The SMILES string of the molecule is CCCCC/C=C\C/C=C\C/C=C\C=C\[C@H](O)CCCC(=O)O[C@H](COC(=O)CCCCCCCCC(C)CC)COP(=O)(O)O. The lowest BCUT2D eigenvalue weighted by Gasteiger charge is -2.18. The van der Waals surface area contributed by atoms with Gasteiger partial charge in [0.2, 0.25) is 0 Å². The number of phosphoric acid groups is 1. The number of carbonyl (C=O) groups excluding carboxylic acids is 2. The first-order valence-corrected chi connectivity index (χ1v) is 19.0. The molecule has 0 bridgehead atoms. The Hall–Kier alpha value is -2.03. The van der Waals surface area contributed by atoms with Gasteiger partial charge in [-0.15, -0.1) is 0 Å². The molecule has 46 heavy (non-hydrogen) atoms. The number of phosphoric ester groups is 1. The van der Waals surface area contributed by atoms with E-state index < -0.39 is 38.6 Å². The van der Waals surface area contributed by atoms with E-state index in [1.54, 1.807) is 12.2 Å². The second kappa shape index (κ2) is 30.3. The minimum absolute atomic E-state index is 0.0176. The molecule has 0 radical (unpaired) electrons. The van der Waals surface area contributed by atoms with E-state index in [9.17, 15) is 19.3 Å². The highest BCUT2D eigenvalue weighted by atomic mass is 31.2. The first-order chi connectivity index (χ1) is 22.1. The molecule has 266 valence electrons. The van der Waals surface area contributed by atoms with Gasteiger partial charge in [0.05, 0.1) is 12.7 Å². The van der Waals surface area contributed by atoms with Crippen molar-refractivity contribution in [2.75, 3.05) is 13.2 Å². The normalized spacial score (nSPS) is 14.5. The molecule has 1 unspecified atom stereocenters. The van der Waals surface area contributed by atoms with Crippen LogP contribution in [0, 0.1) is 5.92 Å². The molecular formula is C36H63O9P. The number of hydrogen-bond acceptors (Lipinski definition) is 7. The van der Waals surface area contributed by atoms with E-state index in [4.69, 9.17) is 19.3 Å². The van der Waals surface area contributed by atoms with Crippen molar-refractivity contribution in [2.24, 2.45) is 5.92 Å². The van der Waals surface area contributed by atoms with E-state index in [1.165, 1.54) is 44.9 Å². The van der Waals surface area contributed by atoms with Crippen LogP contribution in [0.25, 0.3) is 0 Å². The number of carbonyl (C=O) groups is 2. The first kappa shape index (κ1) is 44.0. The summed E-state index contributed by atoms with van der Waals surface area (Å²) in [6, 6.07) is 0. The summed E-state index contributed by atoms with van der Waals surface area (Å²) in [6.45, 7) is 5.72. The lowest BCUT2D eigenvalue weighted by atomic mass is 10.00. The number of esters is 2. The van der Waals surface area contributed by atoms with Gasteiger partial charge in [-0.05, 0) is 50.9 Å². The summed E-state index contributed by atoms with van der Waals surface area (Å²) < 4.78 is 26.1. The number of rotatable bonds is 30. The summed E-state index contributed by atoms with van der Waals surface area (Å²) in [4.78, 5) is 42.5. The van der Waals surface area contributed by atoms with Gasteiger partial charge in [0.1, 0.15) is 6.61 Å². The summed E-state index contributed by atoms with van der Waals surface area (Å²) in [5.41, 5.74) is 0. The highest BCUT2D eigenvalue weighted by Gasteiger charge is 2.23. The van der Waals surface area contributed by atoms with Gasteiger partial charge in [0.15, 0.2) is 6.10 Å². The van der Waals surface area contributed by atoms with Gasteiger partial charge in [-0.2, -0.15) is 0 Å². The number of ether oxygens (including phenoxy) is 2. The van der Waals surface area contributed by atoms with Crippen LogP contribution in [-0.4, -0.2) is 52.3 Å². The lowest BCUT2D eigenvalue weighted by molar-refractivity contribution is -0.161. The molecule has 3 N–H and O–H groups in total. The maximum atomic E-state index is 12.3. The molecule has 0 saturated carbocycles. The first-order valence-electron chi connectivity index (χ1n) is 17.4. The summed E-state index contributed by atoms with van der Waals surface area (Å²) in [5.74, 6) is -0.324. The van der Waals surface area contributed by atoms with Crippen LogP contribution in [0.4, 0.5) is 0 Å². The number of aliphatic hydroxyl groups excluding tert-OH is 1. The van der Waals surface area contributed by atoms with Gasteiger partial charge in [0.25, 0.3) is 0 Å². The maximum absolute atomic E-state index is 12.3. The highest BCUT2D eigenvalue weighted by molar-refractivity contribution is 7.46. The Morgan fingerprint density at radius 1 is 0.739 bits per heavy atom. The fourth-order valence-corrected chi connectivity index (χ4v) is 4.81. The van der Waals surface area contributed by atoms with Crippen molar-refractivity contribution >= 4 is 19.8 Å². The largest absolute Gasteiger partial charge is 0.469 e. The van der Waals surface area contributed by atoms with Gasteiger partial charge in [0, 0.05) is 12.8 Å². The van der Waals surface area contributed by atoms with Crippen LogP contribution in [0.2, 0.25) is 0 Å². The van der Waals surface area contributed by atoms with Gasteiger partial charge in [-0.25, -0.2) is 4.57 Å². The van der Waals surface area contributed by atoms with E-state index in [-0.39, 0.29) is 19.4 Å². The topological polar surface area (TPSA) is 140 Å². The van der Waals surface area contributed by atoms with E-state index in [2.05, 4.69) is 49.6 Å². The quantitative estimate of drug-likeness (QED) is 0.0225. The molecule has 0 saturated heterocycles. The van der Waals surface area contributed by atoms with Crippen molar-refractivity contribution in [1.29, 1.82) is 0 Å². The summed E-state index contributed by atoms with van der Waals surface area (Å²) in [6.07, 6.45) is 30.3. The summed E-state index contributed by atoms with van der Waals surface area (Å²) in [5, 5.41) is 10.2. The smallest absolute Gasteiger partial charge is 0.462 e. The van der Waals surface area contributed by atoms with E-state index >= 15 is 0 Å². The zero-order valence-corrected chi connectivity index (χ0v) is 29.6. The lowest BCUT2D eigenvalue weighted by Crippen LogP contribution is -2.29. The second-order valence-electron chi connectivity index (χ2n) is 11.9. The fraction of sp³-hybridized carbons (Fsp3) is 0.722. The minimum Gasteiger partial charge on any atom is -0.462 e. The zero-order valence-electron chi connectivity index (χ0n) is 28.7. The molecule has 0 aliphatic carbocycles. The monoisotopic (exact) mass is 670 g/mol. The van der Waals surface area contributed by atoms with Crippen LogP contribution in [0.5, 0.6) is 0 Å². The number of hydrogen-bond donors (Lipinski definition) is 3. The molecule has 0 aromatic carbocycles.